The Morgan fingerprint density at radius 1 is 1.12 bits per heavy atom. The topological polar surface area (TPSA) is 20.3 Å². The van der Waals surface area contributed by atoms with Crippen LogP contribution in [0.1, 0.15) is 45.4 Å². The van der Waals surface area contributed by atoms with Crippen molar-refractivity contribution in [3.63, 3.8) is 0 Å². The van der Waals surface area contributed by atoms with E-state index in [1.807, 2.05) is 0 Å². The van der Waals surface area contributed by atoms with Gasteiger partial charge in [0.25, 0.3) is 0 Å². The molecule has 0 bridgehead atoms. The van der Waals surface area contributed by atoms with E-state index in [4.69, 9.17) is 0 Å². The van der Waals surface area contributed by atoms with Gasteiger partial charge >= 0.3 is 0 Å². The van der Waals surface area contributed by atoms with Crippen LogP contribution in [0.5, 0.6) is 0 Å². The minimum absolute atomic E-state index is 0.340. The summed E-state index contributed by atoms with van der Waals surface area (Å²) in [5.41, 5.74) is 0. The number of hydrogen-bond acceptors (Lipinski definition) is 1. The van der Waals surface area contributed by atoms with Gasteiger partial charge in [0.1, 0.15) is 0 Å². The maximum absolute atomic E-state index is 12.4. The molecule has 0 unspecified atom stereocenters. The summed E-state index contributed by atoms with van der Waals surface area (Å²) >= 11 is 3.55. The second-order valence-corrected chi connectivity index (χ2v) is 6.53. The molecule has 0 aromatic heterocycles. The lowest BCUT2D eigenvalue weighted by molar-refractivity contribution is -0.138. The fraction of sp³-hybridized carbons (Fsp3) is 0.929. The van der Waals surface area contributed by atoms with Crippen molar-refractivity contribution in [2.75, 3.05) is 18.4 Å². The molecule has 1 saturated carbocycles. The standard InChI is InChI=1S/C14H24BrNO/c1-11-2-4-13(5-3-11)14(17)16-8-6-12(10-15)7-9-16/h11-13H,2-10H2,1H3. The second kappa shape index (κ2) is 6.21. The molecule has 0 radical (unpaired) electrons. The summed E-state index contributed by atoms with van der Waals surface area (Å²) < 4.78 is 0. The smallest absolute Gasteiger partial charge is 0.225 e. The summed E-state index contributed by atoms with van der Waals surface area (Å²) in [6.45, 7) is 4.28. The molecular weight excluding hydrogens is 278 g/mol. The minimum Gasteiger partial charge on any atom is -0.342 e. The van der Waals surface area contributed by atoms with Crippen LogP contribution in [-0.2, 0) is 4.79 Å². The van der Waals surface area contributed by atoms with Crippen LogP contribution in [0.2, 0.25) is 0 Å². The van der Waals surface area contributed by atoms with Crippen LogP contribution in [-0.4, -0.2) is 29.2 Å². The maximum Gasteiger partial charge on any atom is 0.225 e. The van der Waals surface area contributed by atoms with Crippen molar-refractivity contribution in [2.24, 2.45) is 17.8 Å². The number of halogens is 1. The van der Waals surface area contributed by atoms with Gasteiger partial charge in [-0.1, -0.05) is 22.9 Å². The van der Waals surface area contributed by atoms with E-state index in [-0.39, 0.29) is 0 Å². The van der Waals surface area contributed by atoms with Crippen LogP contribution < -0.4 is 0 Å². The van der Waals surface area contributed by atoms with Crippen molar-refractivity contribution in [2.45, 2.75) is 45.4 Å². The summed E-state index contributed by atoms with van der Waals surface area (Å²) in [4.78, 5) is 14.5. The van der Waals surface area contributed by atoms with Crippen molar-refractivity contribution >= 4 is 21.8 Å². The van der Waals surface area contributed by atoms with Crippen molar-refractivity contribution in [1.82, 2.24) is 4.90 Å². The third-order valence-corrected chi connectivity index (χ3v) is 5.43. The van der Waals surface area contributed by atoms with E-state index in [0.717, 1.165) is 43.1 Å². The molecule has 2 rings (SSSR count). The predicted octanol–water partition coefficient (Wildman–Crippen LogP) is 3.45. The number of carbonyl (C=O) groups excluding carboxylic acids is 1. The Morgan fingerprint density at radius 2 is 1.71 bits per heavy atom. The maximum atomic E-state index is 12.4. The highest BCUT2D eigenvalue weighted by atomic mass is 79.9. The number of nitrogens with zero attached hydrogens (tertiary/aromatic N) is 1. The molecule has 17 heavy (non-hydrogen) atoms. The Balaban J connectivity index is 1.80. The van der Waals surface area contributed by atoms with E-state index < -0.39 is 0 Å². The molecule has 1 aliphatic heterocycles. The summed E-state index contributed by atoms with van der Waals surface area (Å²) in [7, 11) is 0. The molecule has 0 spiro atoms. The first-order valence-electron chi connectivity index (χ1n) is 7.05. The molecule has 0 aromatic rings. The lowest BCUT2D eigenvalue weighted by Gasteiger charge is -2.35. The molecule has 1 heterocycles. The lowest BCUT2D eigenvalue weighted by atomic mass is 9.82. The van der Waals surface area contributed by atoms with Gasteiger partial charge in [-0.2, -0.15) is 0 Å². The fourth-order valence-electron chi connectivity index (χ4n) is 3.07. The summed E-state index contributed by atoms with van der Waals surface area (Å²) in [6.07, 6.45) is 7.10. The zero-order chi connectivity index (χ0) is 12.3. The Hall–Kier alpha value is -0.0500. The fourth-order valence-corrected chi connectivity index (χ4v) is 3.72. The Labute approximate surface area is 113 Å². The van der Waals surface area contributed by atoms with Crippen LogP contribution in [0.15, 0.2) is 0 Å². The SMILES string of the molecule is CC1CCC(C(=O)N2CCC(CBr)CC2)CC1. The van der Waals surface area contributed by atoms with Gasteiger partial charge in [-0.05, 0) is 50.4 Å². The monoisotopic (exact) mass is 301 g/mol. The number of rotatable bonds is 2. The first-order valence-corrected chi connectivity index (χ1v) is 8.17. The van der Waals surface area contributed by atoms with Crippen LogP contribution in [0.3, 0.4) is 0 Å². The zero-order valence-electron chi connectivity index (χ0n) is 10.8. The Kier molecular flexibility index (Phi) is 4.89. The molecule has 2 nitrogen and oxygen atoms in total. The average molecular weight is 302 g/mol. The van der Waals surface area contributed by atoms with E-state index in [1.165, 1.54) is 25.7 Å². The molecule has 2 aliphatic rings. The molecule has 0 atom stereocenters. The highest BCUT2D eigenvalue weighted by molar-refractivity contribution is 9.09. The first-order chi connectivity index (χ1) is 8.20. The number of likely N-dealkylation sites (tertiary alicyclic amines) is 1. The largest absolute Gasteiger partial charge is 0.342 e. The number of piperidine rings is 1. The number of carbonyl (C=O) groups is 1. The van der Waals surface area contributed by atoms with Gasteiger partial charge < -0.3 is 4.90 Å². The molecule has 1 aliphatic carbocycles. The van der Waals surface area contributed by atoms with E-state index in [1.54, 1.807) is 0 Å². The third-order valence-electron chi connectivity index (χ3n) is 4.51. The van der Waals surface area contributed by atoms with E-state index in [9.17, 15) is 4.79 Å². The van der Waals surface area contributed by atoms with Gasteiger partial charge in [0.05, 0.1) is 0 Å². The first kappa shape index (κ1) is 13.4. The third kappa shape index (κ3) is 3.46. The summed E-state index contributed by atoms with van der Waals surface area (Å²) in [5.74, 6) is 2.40. The van der Waals surface area contributed by atoms with Crippen molar-refractivity contribution < 1.29 is 4.79 Å². The van der Waals surface area contributed by atoms with Gasteiger partial charge in [-0.25, -0.2) is 0 Å². The molecule has 1 amide bonds. The molecular formula is C14H24BrNO. The van der Waals surface area contributed by atoms with Crippen LogP contribution >= 0.6 is 15.9 Å². The van der Waals surface area contributed by atoms with Gasteiger partial charge in [-0.15, -0.1) is 0 Å². The quantitative estimate of drug-likeness (QED) is 0.716. The number of alkyl halides is 1. The normalized spacial score (nSPS) is 31.5. The minimum atomic E-state index is 0.340. The molecule has 0 aromatic carbocycles. The highest BCUT2D eigenvalue weighted by Gasteiger charge is 2.30. The zero-order valence-corrected chi connectivity index (χ0v) is 12.4. The summed E-state index contributed by atoms with van der Waals surface area (Å²) in [6, 6.07) is 0. The van der Waals surface area contributed by atoms with Gasteiger partial charge in [0.2, 0.25) is 5.91 Å². The summed E-state index contributed by atoms with van der Waals surface area (Å²) in [5, 5.41) is 1.09. The molecule has 98 valence electrons. The number of hydrogen-bond donors (Lipinski definition) is 0. The molecule has 3 heteroatoms. The Morgan fingerprint density at radius 3 is 2.24 bits per heavy atom. The molecule has 2 fully saturated rings. The van der Waals surface area contributed by atoms with Crippen molar-refractivity contribution in [3.8, 4) is 0 Å². The van der Waals surface area contributed by atoms with Crippen molar-refractivity contribution in [1.29, 1.82) is 0 Å². The van der Waals surface area contributed by atoms with Gasteiger partial charge in [0, 0.05) is 24.3 Å². The Bertz CT molecular complexity index is 253. The highest BCUT2D eigenvalue weighted by Crippen LogP contribution is 2.30. The van der Waals surface area contributed by atoms with E-state index >= 15 is 0 Å². The van der Waals surface area contributed by atoms with Crippen LogP contribution in [0.4, 0.5) is 0 Å². The molecule has 0 N–H and O–H groups in total. The van der Waals surface area contributed by atoms with Crippen LogP contribution in [0, 0.1) is 17.8 Å². The van der Waals surface area contributed by atoms with E-state index in [0.29, 0.717) is 11.8 Å². The second-order valence-electron chi connectivity index (χ2n) is 5.88. The van der Waals surface area contributed by atoms with Crippen LogP contribution in [0.25, 0.3) is 0 Å². The predicted molar refractivity (Wildman–Crippen MR) is 74.2 cm³/mol. The van der Waals surface area contributed by atoms with Crippen molar-refractivity contribution in [3.05, 3.63) is 0 Å². The van der Waals surface area contributed by atoms with E-state index in [2.05, 4.69) is 27.8 Å². The average Bonchev–Trinajstić information content (AvgIpc) is 2.39. The van der Waals surface area contributed by atoms with Gasteiger partial charge in [-0.3, -0.25) is 4.79 Å². The van der Waals surface area contributed by atoms with Gasteiger partial charge in [0.15, 0.2) is 0 Å². The number of amides is 1. The molecule has 1 saturated heterocycles. The lowest BCUT2D eigenvalue weighted by Crippen LogP contribution is -2.42.